The van der Waals surface area contributed by atoms with Gasteiger partial charge >= 0.3 is 13.3 Å². The maximum Gasteiger partial charge on any atom is 0.498 e. The largest absolute Gasteiger partial charge is 0.498 e. The number of nitrogens with zero attached hydrogens (tertiary/aromatic N) is 1. The van der Waals surface area contributed by atoms with Crippen LogP contribution in [0.15, 0.2) is 30.3 Å². The van der Waals surface area contributed by atoms with E-state index in [0.717, 1.165) is 33.7 Å². The van der Waals surface area contributed by atoms with Crippen molar-refractivity contribution in [3.8, 4) is 16.9 Å². The first-order chi connectivity index (χ1) is 14.3. The van der Waals surface area contributed by atoms with Gasteiger partial charge in [0.25, 0.3) is 0 Å². The molecule has 1 fully saturated rings. The maximum atomic E-state index is 8.12. The van der Waals surface area contributed by atoms with Crippen LogP contribution in [-0.4, -0.2) is 36.6 Å². The lowest BCUT2D eigenvalue weighted by molar-refractivity contribution is -0.191. The van der Waals surface area contributed by atoms with Gasteiger partial charge in [-0.2, -0.15) is 9.59 Å². The lowest BCUT2D eigenvalue weighted by Crippen LogP contribution is -2.41. The topological polar surface area (TPSA) is 74.7 Å². The first-order valence-electron chi connectivity index (χ1n) is 10.3. The molecule has 1 aliphatic heterocycles. The quantitative estimate of drug-likeness (QED) is 0.690. The Kier molecular flexibility index (Phi) is 7.16. The summed E-state index contributed by atoms with van der Waals surface area (Å²) in [6, 6.07) is 10.4. The number of hydrogen-bond acceptors (Lipinski definition) is 6. The van der Waals surface area contributed by atoms with Gasteiger partial charge in [0.15, 0.2) is 0 Å². The highest BCUT2D eigenvalue weighted by molar-refractivity contribution is 6.63. The van der Waals surface area contributed by atoms with E-state index in [1.807, 2.05) is 6.07 Å². The van der Waals surface area contributed by atoms with Crippen molar-refractivity contribution in [2.75, 3.05) is 7.11 Å². The van der Waals surface area contributed by atoms with E-state index in [-0.39, 0.29) is 11.6 Å². The van der Waals surface area contributed by atoms with E-state index in [1.54, 1.807) is 7.11 Å². The normalized spacial score (nSPS) is 16.9. The second kappa shape index (κ2) is 8.95. The molecule has 166 valence electrons. The fraction of sp³-hybridized carbons (Fsp3) is 0.500. The summed E-state index contributed by atoms with van der Waals surface area (Å²) in [5, 5.41) is 0. The molecular formula is C24H32BNO5. The summed E-state index contributed by atoms with van der Waals surface area (Å²) in [5.74, 6) is 0.763. The highest BCUT2D eigenvalue weighted by Gasteiger charge is 2.52. The Morgan fingerprint density at radius 2 is 1.55 bits per heavy atom. The zero-order valence-electron chi connectivity index (χ0n) is 20.0. The Bertz CT molecular complexity index is 956. The molecule has 0 spiro atoms. The van der Waals surface area contributed by atoms with E-state index in [4.69, 9.17) is 28.6 Å². The summed E-state index contributed by atoms with van der Waals surface area (Å²) in [5.41, 5.74) is 4.42. The van der Waals surface area contributed by atoms with Crippen molar-refractivity contribution in [3.05, 3.63) is 41.7 Å². The molecule has 2 aromatic rings. The summed E-state index contributed by atoms with van der Waals surface area (Å²) in [6.45, 7) is 16.8. The van der Waals surface area contributed by atoms with Crippen molar-refractivity contribution < 1.29 is 23.6 Å². The van der Waals surface area contributed by atoms with Crippen molar-refractivity contribution in [2.45, 2.75) is 72.0 Å². The number of aryl methyl sites for hydroxylation is 1. The molecular weight excluding hydrogens is 393 g/mol. The standard InChI is InChI=1S/C23H32BNO3.CO2/c1-15-17(11-13-20(25-15)21(2,3)4)16-10-12-19(26-9)18(14-16)24-27-22(5,6)23(7,8)28-24;2-1-3/h10-14H,1-9H3;. The highest BCUT2D eigenvalue weighted by Crippen LogP contribution is 2.37. The number of aromatic nitrogens is 1. The summed E-state index contributed by atoms with van der Waals surface area (Å²) >= 11 is 0. The summed E-state index contributed by atoms with van der Waals surface area (Å²) in [6.07, 6.45) is 0.250. The minimum atomic E-state index is -0.470. The van der Waals surface area contributed by atoms with Gasteiger partial charge in [-0.1, -0.05) is 39.0 Å². The van der Waals surface area contributed by atoms with Crippen LogP contribution in [0.2, 0.25) is 0 Å². The van der Waals surface area contributed by atoms with Crippen LogP contribution in [0.1, 0.15) is 59.9 Å². The van der Waals surface area contributed by atoms with Crippen LogP contribution in [0.5, 0.6) is 5.75 Å². The van der Waals surface area contributed by atoms with Crippen LogP contribution in [0.3, 0.4) is 0 Å². The molecule has 0 saturated carbocycles. The summed E-state index contributed by atoms with van der Waals surface area (Å²) in [4.78, 5) is 21.1. The molecule has 0 unspecified atom stereocenters. The number of hydrogen-bond donors (Lipinski definition) is 0. The smallest absolute Gasteiger partial charge is 0.497 e. The molecule has 31 heavy (non-hydrogen) atoms. The average molecular weight is 425 g/mol. The SMILES string of the molecule is COc1ccc(-c2ccc(C(C)(C)C)nc2C)cc1B1OC(C)(C)C(C)(C)O1.O=C=O. The molecule has 0 atom stereocenters. The van der Waals surface area contributed by atoms with Gasteiger partial charge in [-0.25, -0.2) is 0 Å². The van der Waals surface area contributed by atoms with Crippen LogP contribution in [0, 0.1) is 6.92 Å². The molecule has 6 nitrogen and oxygen atoms in total. The summed E-state index contributed by atoms with van der Waals surface area (Å²) in [7, 11) is 1.20. The first kappa shape index (κ1) is 24.8. The zero-order chi connectivity index (χ0) is 23.6. The van der Waals surface area contributed by atoms with Crippen molar-refractivity contribution in [1.29, 1.82) is 0 Å². The second-order valence-electron chi connectivity index (χ2n) is 9.71. The van der Waals surface area contributed by atoms with E-state index in [0.29, 0.717) is 0 Å². The molecule has 7 heteroatoms. The number of ether oxygens (including phenoxy) is 1. The van der Waals surface area contributed by atoms with Crippen molar-refractivity contribution >= 4 is 18.7 Å². The Balaban J connectivity index is 0.00000107. The number of pyridine rings is 1. The maximum absolute atomic E-state index is 8.12. The molecule has 1 aromatic carbocycles. The number of rotatable bonds is 3. The van der Waals surface area contributed by atoms with Crippen molar-refractivity contribution in [3.63, 3.8) is 0 Å². The molecule has 0 bridgehead atoms. The van der Waals surface area contributed by atoms with Gasteiger partial charge in [0.05, 0.1) is 18.3 Å². The fourth-order valence-corrected chi connectivity index (χ4v) is 3.34. The van der Waals surface area contributed by atoms with Crippen LogP contribution in [-0.2, 0) is 24.3 Å². The molecule has 1 aliphatic rings. The number of carbonyl (C=O) groups excluding carboxylic acids is 2. The molecule has 0 amide bonds. The fourth-order valence-electron chi connectivity index (χ4n) is 3.34. The van der Waals surface area contributed by atoms with E-state index in [2.05, 4.69) is 79.7 Å². The molecule has 0 radical (unpaired) electrons. The molecule has 3 rings (SSSR count). The molecule has 0 aliphatic carbocycles. The van der Waals surface area contributed by atoms with Crippen molar-refractivity contribution in [1.82, 2.24) is 4.98 Å². The molecule has 0 N–H and O–H groups in total. The van der Waals surface area contributed by atoms with Gasteiger partial charge in [-0.05, 0) is 52.3 Å². The minimum Gasteiger partial charge on any atom is -0.497 e. The van der Waals surface area contributed by atoms with Crippen LogP contribution >= 0.6 is 0 Å². The lowest BCUT2D eigenvalue weighted by Gasteiger charge is -2.32. The predicted octanol–water partition coefficient (Wildman–Crippen LogP) is 4.08. The number of methoxy groups -OCH3 is 1. The van der Waals surface area contributed by atoms with E-state index in [9.17, 15) is 0 Å². The van der Waals surface area contributed by atoms with Gasteiger partial charge in [0.2, 0.25) is 0 Å². The van der Waals surface area contributed by atoms with Crippen molar-refractivity contribution in [2.24, 2.45) is 0 Å². The third-order valence-corrected chi connectivity index (χ3v) is 5.90. The van der Waals surface area contributed by atoms with Crippen LogP contribution in [0.4, 0.5) is 0 Å². The second-order valence-corrected chi connectivity index (χ2v) is 9.71. The van der Waals surface area contributed by atoms with Gasteiger partial charge < -0.3 is 14.0 Å². The molecule has 2 heterocycles. The lowest BCUT2D eigenvalue weighted by atomic mass is 9.77. The first-order valence-corrected chi connectivity index (χ1v) is 10.3. The highest BCUT2D eigenvalue weighted by atomic mass is 16.7. The van der Waals surface area contributed by atoms with Gasteiger partial charge in [-0.15, -0.1) is 0 Å². The average Bonchev–Trinajstić information content (AvgIpc) is 2.88. The van der Waals surface area contributed by atoms with Gasteiger partial charge in [0.1, 0.15) is 5.75 Å². The Morgan fingerprint density at radius 1 is 1.00 bits per heavy atom. The Morgan fingerprint density at radius 3 is 2.00 bits per heavy atom. The number of benzene rings is 1. The van der Waals surface area contributed by atoms with E-state index >= 15 is 0 Å². The minimum absolute atomic E-state index is 0.0249. The van der Waals surface area contributed by atoms with Crippen LogP contribution in [0.25, 0.3) is 11.1 Å². The third kappa shape index (κ3) is 5.24. The summed E-state index contributed by atoms with van der Waals surface area (Å²) < 4.78 is 18.1. The predicted molar refractivity (Wildman–Crippen MR) is 120 cm³/mol. The Labute approximate surface area is 185 Å². The third-order valence-electron chi connectivity index (χ3n) is 5.90. The molecule has 1 aromatic heterocycles. The Hall–Kier alpha value is -2.47. The van der Waals surface area contributed by atoms with E-state index in [1.165, 1.54) is 0 Å². The van der Waals surface area contributed by atoms with Gasteiger partial charge in [-0.3, -0.25) is 4.98 Å². The van der Waals surface area contributed by atoms with Crippen LogP contribution < -0.4 is 10.2 Å². The van der Waals surface area contributed by atoms with E-state index < -0.39 is 18.3 Å². The zero-order valence-corrected chi connectivity index (χ0v) is 20.0. The monoisotopic (exact) mass is 425 g/mol. The molecule has 1 saturated heterocycles. The van der Waals surface area contributed by atoms with Gasteiger partial charge in [0, 0.05) is 27.8 Å².